The number of carbonyl (C=O) groups excluding carboxylic acids is 3. The van der Waals surface area contributed by atoms with E-state index >= 15 is 0 Å². The summed E-state index contributed by atoms with van der Waals surface area (Å²) < 4.78 is 5.81. The van der Waals surface area contributed by atoms with Crippen molar-refractivity contribution in [3.63, 3.8) is 0 Å². The second-order valence-electron chi connectivity index (χ2n) is 10.4. The number of rotatable bonds is 12. The number of amides is 3. The van der Waals surface area contributed by atoms with E-state index < -0.39 is 0 Å². The molecular weight excluding hydrogens is 484 g/mol. The Bertz CT molecular complexity index is 1040. The van der Waals surface area contributed by atoms with E-state index in [2.05, 4.69) is 35.6 Å². The Morgan fingerprint density at radius 3 is 2.30 bits per heavy atom. The second kappa shape index (κ2) is 13.7. The topological polar surface area (TPSA) is 75.7 Å². The number of ether oxygens (including phenoxy) is 1. The van der Waals surface area contributed by atoms with Crippen LogP contribution in [0.15, 0.2) is 54.6 Å². The van der Waals surface area contributed by atoms with Gasteiger partial charge < -0.3 is 9.64 Å². The molecule has 1 N–H and O–H groups in total. The summed E-state index contributed by atoms with van der Waals surface area (Å²) in [6.07, 6.45) is 9.61. The molecule has 6 nitrogen and oxygen atoms in total. The van der Waals surface area contributed by atoms with Gasteiger partial charge in [-0.1, -0.05) is 67.1 Å². The first-order valence-electron chi connectivity index (χ1n) is 13.5. The standard InChI is InChI=1S/C30H38N2O4S/c1-32(18-19-36-26-16-14-25(15-17-26)21-27-29(34)31-30(35)37-27)28(33)9-5-8-22-10-12-24(13-11-22)20-23-6-3-2-4-7-23/h2-4,6-7,14-17,22,24,27H,5,8-13,18-21H2,1H3,(H,31,34,35). The summed E-state index contributed by atoms with van der Waals surface area (Å²) in [5, 5.41) is 1.66. The molecule has 1 heterocycles. The highest BCUT2D eigenvalue weighted by molar-refractivity contribution is 8.15. The molecule has 0 radical (unpaired) electrons. The van der Waals surface area contributed by atoms with Crippen LogP contribution < -0.4 is 10.1 Å². The summed E-state index contributed by atoms with van der Waals surface area (Å²) in [6, 6.07) is 18.4. The number of nitrogens with zero attached hydrogens (tertiary/aromatic N) is 1. The highest BCUT2D eigenvalue weighted by Gasteiger charge is 2.31. The molecule has 37 heavy (non-hydrogen) atoms. The van der Waals surface area contributed by atoms with Gasteiger partial charge in [0.25, 0.3) is 5.24 Å². The van der Waals surface area contributed by atoms with Gasteiger partial charge in [-0.15, -0.1) is 0 Å². The van der Waals surface area contributed by atoms with Crippen LogP contribution in [-0.4, -0.2) is 47.4 Å². The minimum atomic E-state index is -0.367. The largest absolute Gasteiger partial charge is 0.492 e. The van der Waals surface area contributed by atoms with Crippen LogP contribution in [0.1, 0.15) is 56.1 Å². The lowest BCUT2D eigenvalue weighted by Gasteiger charge is -2.28. The van der Waals surface area contributed by atoms with Crippen LogP contribution in [0.2, 0.25) is 0 Å². The van der Waals surface area contributed by atoms with Gasteiger partial charge in [-0.05, 0) is 73.6 Å². The summed E-state index contributed by atoms with van der Waals surface area (Å²) in [4.78, 5) is 37.3. The minimum Gasteiger partial charge on any atom is -0.492 e. The summed E-state index contributed by atoms with van der Waals surface area (Å²) >= 11 is 1.04. The molecule has 2 aromatic carbocycles. The van der Waals surface area contributed by atoms with Gasteiger partial charge in [0, 0.05) is 13.5 Å². The second-order valence-corrected chi connectivity index (χ2v) is 11.5. The zero-order chi connectivity index (χ0) is 26.0. The first-order chi connectivity index (χ1) is 18.0. The van der Waals surface area contributed by atoms with E-state index in [4.69, 9.17) is 4.74 Å². The van der Waals surface area contributed by atoms with Crippen molar-refractivity contribution in [2.75, 3.05) is 20.2 Å². The molecule has 1 unspecified atom stereocenters. The molecule has 0 spiro atoms. The molecule has 1 saturated heterocycles. The molecule has 0 bridgehead atoms. The molecule has 2 aliphatic rings. The van der Waals surface area contributed by atoms with E-state index in [0.29, 0.717) is 26.0 Å². The highest BCUT2D eigenvalue weighted by atomic mass is 32.2. The first-order valence-corrected chi connectivity index (χ1v) is 14.4. The van der Waals surface area contributed by atoms with Crippen LogP contribution in [-0.2, 0) is 22.4 Å². The Labute approximate surface area is 224 Å². The maximum absolute atomic E-state index is 12.6. The summed E-state index contributed by atoms with van der Waals surface area (Å²) in [5.74, 6) is 2.25. The third-order valence-electron chi connectivity index (χ3n) is 7.57. The molecule has 4 rings (SSSR count). The van der Waals surface area contributed by atoms with Gasteiger partial charge in [0.1, 0.15) is 12.4 Å². The molecule has 1 aliphatic carbocycles. The van der Waals surface area contributed by atoms with Crippen molar-refractivity contribution in [3.05, 3.63) is 65.7 Å². The van der Waals surface area contributed by atoms with Gasteiger partial charge >= 0.3 is 0 Å². The fourth-order valence-electron chi connectivity index (χ4n) is 5.29. The van der Waals surface area contributed by atoms with Crippen molar-refractivity contribution < 1.29 is 19.1 Å². The number of imide groups is 1. The molecule has 1 saturated carbocycles. The van der Waals surface area contributed by atoms with Crippen LogP contribution in [0, 0.1) is 11.8 Å². The molecule has 2 aromatic rings. The predicted octanol–water partition coefficient (Wildman–Crippen LogP) is 5.64. The van der Waals surface area contributed by atoms with Crippen LogP contribution in [0.5, 0.6) is 5.75 Å². The van der Waals surface area contributed by atoms with Gasteiger partial charge in [-0.2, -0.15) is 0 Å². The van der Waals surface area contributed by atoms with Crippen molar-refractivity contribution >= 4 is 28.8 Å². The summed E-state index contributed by atoms with van der Waals surface area (Å²) in [7, 11) is 1.84. The molecule has 2 fully saturated rings. The lowest BCUT2D eigenvalue weighted by atomic mass is 9.77. The molecule has 3 amide bonds. The molecule has 1 aliphatic heterocycles. The Morgan fingerprint density at radius 1 is 0.946 bits per heavy atom. The molecular formula is C30H38N2O4S. The monoisotopic (exact) mass is 522 g/mol. The number of hydrogen-bond donors (Lipinski definition) is 1. The van der Waals surface area contributed by atoms with Gasteiger partial charge in [0.15, 0.2) is 0 Å². The molecule has 7 heteroatoms. The number of thioether (sulfide) groups is 1. The Balaban J connectivity index is 1.07. The Kier molecular flexibility index (Phi) is 10.1. The number of hydrogen-bond acceptors (Lipinski definition) is 5. The van der Waals surface area contributed by atoms with Gasteiger partial charge in [0.05, 0.1) is 11.8 Å². The van der Waals surface area contributed by atoms with Gasteiger partial charge in [-0.3, -0.25) is 19.7 Å². The van der Waals surface area contributed by atoms with E-state index in [9.17, 15) is 14.4 Å². The molecule has 0 aromatic heterocycles. The predicted molar refractivity (Wildman–Crippen MR) is 148 cm³/mol. The number of likely N-dealkylation sites (N-methyl/N-ethyl adjacent to an activating group) is 1. The first kappa shape index (κ1) is 27.2. The summed E-state index contributed by atoms with van der Waals surface area (Å²) in [5.41, 5.74) is 2.43. The van der Waals surface area contributed by atoms with Gasteiger partial charge in [0.2, 0.25) is 11.8 Å². The zero-order valence-corrected chi connectivity index (χ0v) is 22.5. The van der Waals surface area contributed by atoms with E-state index in [1.54, 1.807) is 4.90 Å². The SMILES string of the molecule is CN(CCOc1ccc(CC2SC(=O)NC2=O)cc1)C(=O)CCCC1CCC(Cc2ccccc2)CC1. The number of nitrogens with one attached hydrogen (secondary N) is 1. The smallest absolute Gasteiger partial charge is 0.286 e. The maximum Gasteiger partial charge on any atom is 0.286 e. The van der Waals surface area contributed by atoms with Gasteiger partial charge in [-0.25, -0.2) is 0 Å². The highest BCUT2D eigenvalue weighted by Crippen LogP contribution is 2.33. The van der Waals surface area contributed by atoms with Crippen molar-refractivity contribution in [1.82, 2.24) is 10.2 Å². The number of carbonyl (C=O) groups is 3. The number of benzene rings is 2. The van der Waals surface area contributed by atoms with Crippen LogP contribution >= 0.6 is 11.8 Å². The van der Waals surface area contributed by atoms with Crippen molar-refractivity contribution in [2.45, 2.75) is 63.0 Å². The van der Waals surface area contributed by atoms with E-state index in [-0.39, 0.29) is 22.3 Å². The summed E-state index contributed by atoms with van der Waals surface area (Å²) in [6.45, 7) is 0.981. The van der Waals surface area contributed by atoms with Crippen LogP contribution in [0.4, 0.5) is 4.79 Å². The van der Waals surface area contributed by atoms with E-state index in [1.165, 1.54) is 37.7 Å². The van der Waals surface area contributed by atoms with Crippen molar-refractivity contribution in [3.8, 4) is 5.75 Å². The zero-order valence-electron chi connectivity index (χ0n) is 21.7. The van der Waals surface area contributed by atoms with Crippen molar-refractivity contribution in [1.29, 1.82) is 0 Å². The maximum atomic E-state index is 12.6. The Hall–Kier alpha value is -2.80. The van der Waals surface area contributed by atoms with Crippen molar-refractivity contribution in [2.24, 2.45) is 11.8 Å². The average Bonchev–Trinajstić information content (AvgIpc) is 3.22. The quantitative estimate of drug-likeness (QED) is 0.391. The normalized spacial score (nSPS) is 21.5. The third-order valence-corrected chi connectivity index (χ3v) is 8.55. The van der Waals surface area contributed by atoms with E-state index in [1.807, 2.05) is 31.3 Å². The fourth-order valence-corrected chi connectivity index (χ4v) is 6.15. The lowest BCUT2D eigenvalue weighted by Crippen LogP contribution is -2.30. The lowest BCUT2D eigenvalue weighted by molar-refractivity contribution is -0.130. The molecule has 198 valence electrons. The van der Waals surface area contributed by atoms with Crippen LogP contribution in [0.3, 0.4) is 0 Å². The average molecular weight is 523 g/mol. The fraction of sp³-hybridized carbons (Fsp3) is 0.500. The third kappa shape index (κ3) is 8.63. The molecule has 1 atom stereocenters. The van der Waals surface area contributed by atoms with E-state index in [0.717, 1.165) is 47.8 Å². The minimum absolute atomic E-state index is 0.179. The van der Waals surface area contributed by atoms with Crippen LogP contribution in [0.25, 0.3) is 0 Å². The Morgan fingerprint density at radius 2 is 1.62 bits per heavy atom.